The highest BCUT2D eigenvalue weighted by Gasteiger charge is 2.29. The number of hydrogen-bond donors (Lipinski definition) is 1. The van der Waals surface area contributed by atoms with Gasteiger partial charge >= 0.3 is 0 Å². The van der Waals surface area contributed by atoms with Gasteiger partial charge in [0.1, 0.15) is 5.75 Å². The van der Waals surface area contributed by atoms with Crippen LogP contribution in [0.5, 0.6) is 5.75 Å². The molecule has 80 valence electrons. The summed E-state index contributed by atoms with van der Waals surface area (Å²) in [6.07, 6.45) is 5.10. The van der Waals surface area contributed by atoms with Gasteiger partial charge in [-0.05, 0) is 29.7 Å². The third-order valence-electron chi connectivity index (χ3n) is 3.13. The van der Waals surface area contributed by atoms with Crippen molar-refractivity contribution in [1.82, 2.24) is 0 Å². The summed E-state index contributed by atoms with van der Waals surface area (Å²) < 4.78 is 5.21. The average molecular weight is 204 g/mol. The maximum atomic E-state index is 9.49. The lowest BCUT2D eigenvalue weighted by Crippen LogP contribution is -2.28. The van der Waals surface area contributed by atoms with E-state index in [1.165, 1.54) is 11.1 Å². The highest BCUT2D eigenvalue weighted by Crippen LogP contribution is 2.36. The Morgan fingerprint density at radius 2 is 2.27 bits per heavy atom. The zero-order valence-electron chi connectivity index (χ0n) is 9.16. The van der Waals surface area contributed by atoms with Crippen molar-refractivity contribution in [2.75, 3.05) is 13.7 Å². The Labute approximate surface area is 90.2 Å². The molecule has 0 bridgehead atoms. The number of hydrogen-bond acceptors (Lipinski definition) is 2. The standard InChI is InChI=1S/C13H16O2/c1-13(9-14)7-3-4-10-5-6-11(15-2)8-12(10)13/h3-6,8,14H,7,9H2,1-2H3/t13-/m0/s1. The van der Waals surface area contributed by atoms with Crippen LogP contribution < -0.4 is 4.74 Å². The molecule has 0 saturated carbocycles. The molecule has 1 aromatic carbocycles. The predicted molar refractivity (Wildman–Crippen MR) is 61.1 cm³/mol. The topological polar surface area (TPSA) is 29.5 Å². The molecule has 0 radical (unpaired) electrons. The van der Waals surface area contributed by atoms with Crippen molar-refractivity contribution in [3.63, 3.8) is 0 Å². The van der Waals surface area contributed by atoms with Crippen molar-refractivity contribution in [2.45, 2.75) is 18.8 Å². The van der Waals surface area contributed by atoms with Crippen molar-refractivity contribution in [3.05, 3.63) is 35.4 Å². The van der Waals surface area contributed by atoms with Gasteiger partial charge in [0.15, 0.2) is 0 Å². The molecule has 0 aliphatic heterocycles. The van der Waals surface area contributed by atoms with E-state index < -0.39 is 0 Å². The van der Waals surface area contributed by atoms with Gasteiger partial charge in [-0.1, -0.05) is 25.1 Å². The monoisotopic (exact) mass is 204 g/mol. The minimum atomic E-state index is -0.168. The van der Waals surface area contributed by atoms with Crippen LogP contribution in [0.3, 0.4) is 0 Å². The first-order valence-electron chi connectivity index (χ1n) is 5.15. The second kappa shape index (κ2) is 3.70. The molecule has 2 nitrogen and oxygen atoms in total. The average Bonchev–Trinajstić information content (AvgIpc) is 2.29. The normalized spacial score (nSPS) is 23.7. The second-order valence-electron chi connectivity index (χ2n) is 4.28. The fourth-order valence-corrected chi connectivity index (χ4v) is 2.04. The van der Waals surface area contributed by atoms with E-state index in [0.717, 1.165) is 12.2 Å². The summed E-state index contributed by atoms with van der Waals surface area (Å²) in [6.45, 7) is 2.24. The quantitative estimate of drug-likeness (QED) is 0.801. The minimum Gasteiger partial charge on any atom is -0.497 e. The summed E-state index contributed by atoms with van der Waals surface area (Å²) in [5.41, 5.74) is 2.18. The molecule has 1 aliphatic carbocycles. The molecule has 1 atom stereocenters. The van der Waals surface area contributed by atoms with Crippen molar-refractivity contribution < 1.29 is 9.84 Å². The van der Waals surface area contributed by atoms with Crippen molar-refractivity contribution >= 4 is 6.08 Å². The Morgan fingerprint density at radius 1 is 1.47 bits per heavy atom. The molecule has 1 aromatic rings. The van der Waals surface area contributed by atoms with Crippen LogP contribution in [-0.2, 0) is 5.41 Å². The summed E-state index contributed by atoms with van der Waals surface area (Å²) in [7, 11) is 1.66. The van der Waals surface area contributed by atoms with Crippen LogP contribution in [-0.4, -0.2) is 18.8 Å². The number of aliphatic hydroxyl groups is 1. The van der Waals surface area contributed by atoms with Gasteiger partial charge in [-0.15, -0.1) is 0 Å². The smallest absolute Gasteiger partial charge is 0.119 e. The number of aliphatic hydroxyl groups excluding tert-OH is 1. The van der Waals surface area contributed by atoms with Crippen molar-refractivity contribution in [2.24, 2.45) is 0 Å². The Bertz CT molecular complexity index is 396. The van der Waals surface area contributed by atoms with Gasteiger partial charge in [0, 0.05) is 5.41 Å². The van der Waals surface area contributed by atoms with Gasteiger partial charge < -0.3 is 9.84 Å². The Balaban J connectivity index is 2.54. The van der Waals surface area contributed by atoms with Gasteiger partial charge in [-0.3, -0.25) is 0 Å². The molecule has 2 rings (SSSR count). The Hall–Kier alpha value is -1.28. The summed E-state index contributed by atoms with van der Waals surface area (Å²) in [5.74, 6) is 0.851. The first-order chi connectivity index (χ1) is 7.19. The van der Waals surface area contributed by atoms with Crippen molar-refractivity contribution in [3.8, 4) is 5.75 Å². The van der Waals surface area contributed by atoms with Gasteiger partial charge in [0.25, 0.3) is 0 Å². The molecule has 0 spiro atoms. The predicted octanol–water partition coefficient (Wildman–Crippen LogP) is 2.36. The lowest BCUT2D eigenvalue weighted by Gasteiger charge is -2.31. The van der Waals surface area contributed by atoms with Crippen LogP contribution in [0.15, 0.2) is 24.3 Å². The zero-order valence-corrected chi connectivity index (χ0v) is 9.16. The van der Waals surface area contributed by atoms with E-state index in [0.29, 0.717) is 0 Å². The summed E-state index contributed by atoms with van der Waals surface area (Å²) in [4.78, 5) is 0. The molecule has 1 aliphatic rings. The Morgan fingerprint density at radius 3 is 2.93 bits per heavy atom. The molecule has 0 saturated heterocycles. The van der Waals surface area contributed by atoms with Crippen LogP contribution in [0.2, 0.25) is 0 Å². The van der Waals surface area contributed by atoms with E-state index in [-0.39, 0.29) is 12.0 Å². The van der Waals surface area contributed by atoms with E-state index in [4.69, 9.17) is 4.74 Å². The molecule has 15 heavy (non-hydrogen) atoms. The van der Waals surface area contributed by atoms with E-state index in [1.54, 1.807) is 7.11 Å². The van der Waals surface area contributed by atoms with E-state index in [9.17, 15) is 5.11 Å². The van der Waals surface area contributed by atoms with Crippen LogP contribution in [0.25, 0.3) is 6.08 Å². The first-order valence-corrected chi connectivity index (χ1v) is 5.15. The van der Waals surface area contributed by atoms with Crippen LogP contribution >= 0.6 is 0 Å². The van der Waals surface area contributed by atoms with Gasteiger partial charge in [-0.25, -0.2) is 0 Å². The lowest BCUT2D eigenvalue weighted by atomic mass is 9.75. The number of rotatable bonds is 2. The highest BCUT2D eigenvalue weighted by molar-refractivity contribution is 5.61. The number of methoxy groups -OCH3 is 1. The minimum absolute atomic E-state index is 0.164. The van der Waals surface area contributed by atoms with Gasteiger partial charge in [0.05, 0.1) is 13.7 Å². The van der Waals surface area contributed by atoms with Crippen LogP contribution in [0.4, 0.5) is 0 Å². The fraction of sp³-hybridized carbons (Fsp3) is 0.385. The number of benzene rings is 1. The van der Waals surface area contributed by atoms with Crippen LogP contribution in [0, 0.1) is 0 Å². The largest absolute Gasteiger partial charge is 0.497 e. The molecule has 0 unspecified atom stereocenters. The number of ether oxygens (including phenoxy) is 1. The van der Waals surface area contributed by atoms with E-state index >= 15 is 0 Å². The van der Waals surface area contributed by atoms with Gasteiger partial charge in [-0.2, -0.15) is 0 Å². The summed E-state index contributed by atoms with van der Waals surface area (Å²) in [5, 5.41) is 9.49. The third-order valence-corrected chi connectivity index (χ3v) is 3.13. The number of fused-ring (bicyclic) bond motifs is 1. The molecule has 1 N–H and O–H groups in total. The molecular formula is C13H16O2. The van der Waals surface area contributed by atoms with E-state index in [2.05, 4.69) is 19.1 Å². The second-order valence-corrected chi connectivity index (χ2v) is 4.28. The SMILES string of the molecule is COc1ccc2c(c1)[C@](C)(CO)CC=C2. The maximum Gasteiger partial charge on any atom is 0.119 e. The summed E-state index contributed by atoms with van der Waals surface area (Å²) in [6, 6.07) is 6.01. The zero-order chi connectivity index (χ0) is 10.9. The number of allylic oxidation sites excluding steroid dienone is 1. The molecule has 0 amide bonds. The third kappa shape index (κ3) is 1.65. The van der Waals surface area contributed by atoms with Crippen molar-refractivity contribution in [1.29, 1.82) is 0 Å². The first kappa shape index (κ1) is 10.2. The fourth-order valence-electron chi connectivity index (χ4n) is 2.04. The van der Waals surface area contributed by atoms with Gasteiger partial charge in [0.2, 0.25) is 0 Å². The van der Waals surface area contributed by atoms with E-state index in [1.807, 2.05) is 18.2 Å². The molecule has 0 heterocycles. The molecule has 0 fully saturated rings. The molecular weight excluding hydrogens is 188 g/mol. The highest BCUT2D eigenvalue weighted by atomic mass is 16.5. The Kier molecular flexibility index (Phi) is 2.53. The molecule has 0 aromatic heterocycles. The maximum absolute atomic E-state index is 9.49. The lowest BCUT2D eigenvalue weighted by molar-refractivity contribution is 0.205. The van der Waals surface area contributed by atoms with Crippen LogP contribution in [0.1, 0.15) is 24.5 Å². The molecule has 2 heteroatoms. The summed E-state index contributed by atoms with van der Waals surface area (Å²) >= 11 is 0.